The molecule has 1 amide bonds. The number of thioether (sulfide) groups is 1. The molecule has 0 aliphatic carbocycles. The van der Waals surface area contributed by atoms with Gasteiger partial charge in [0.05, 0.1) is 5.69 Å². The molecule has 0 unspecified atom stereocenters. The number of carbonyl (C=O) groups is 1. The highest BCUT2D eigenvalue weighted by Crippen LogP contribution is 2.25. The van der Waals surface area contributed by atoms with Crippen LogP contribution in [0.2, 0.25) is 0 Å². The molecule has 1 aromatic heterocycles. The van der Waals surface area contributed by atoms with E-state index in [4.69, 9.17) is 0 Å². The normalized spacial score (nSPS) is 10.6. The average Bonchev–Trinajstić information content (AvgIpc) is 2.67. The molecule has 0 saturated heterocycles. The van der Waals surface area contributed by atoms with Crippen LogP contribution in [0.1, 0.15) is 18.9 Å². The molecular weight excluding hydrogens is 428 g/mol. The quantitative estimate of drug-likeness (QED) is 0.555. The first-order valence-electron chi connectivity index (χ1n) is 8.30. The van der Waals surface area contributed by atoms with E-state index in [1.165, 1.54) is 11.8 Å². The SMILES string of the molecule is CCC(=O)Nc1ccccc1-c1nnc(SCc2cccc(Br)c2)[nH]c1=O. The zero-order valence-corrected chi connectivity index (χ0v) is 16.9. The second-order valence-corrected chi connectivity index (χ2v) is 7.55. The summed E-state index contributed by atoms with van der Waals surface area (Å²) < 4.78 is 1.00. The standard InChI is InChI=1S/C19H17BrN4O2S/c1-2-16(25)21-15-9-4-3-8-14(15)17-18(26)22-19(24-23-17)27-11-12-6-5-7-13(20)10-12/h3-10H,2,11H2,1H3,(H,21,25)(H,22,24,26). The smallest absolute Gasteiger partial charge is 0.278 e. The van der Waals surface area contributed by atoms with Crippen molar-refractivity contribution in [2.75, 3.05) is 5.32 Å². The van der Waals surface area contributed by atoms with Gasteiger partial charge in [0.15, 0.2) is 10.9 Å². The lowest BCUT2D eigenvalue weighted by Gasteiger charge is -2.09. The maximum Gasteiger partial charge on any atom is 0.278 e. The molecule has 0 atom stereocenters. The Morgan fingerprint density at radius 2 is 2.00 bits per heavy atom. The predicted molar refractivity (Wildman–Crippen MR) is 111 cm³/mol. The number of carbonyl (C=O) groups excluding carboxylic acids is 1. The Labute approximate surface area is 168 Å². The summed E-state index contributed by atoms with van der Waals surface area (Å²) in [6, 6.07) is 15.0. The molecule has 1 heterocycles. The molecule has 0 fully saturated rings. The molecule has 2 N–H and O–H groups in total. The summed E-state index contributed by atoms with van der Waals surface area (Å²) in [7, 11) is 0. The molecule has 138 valence electrons. The Bertz CT molecular complexity index is 1020. The van der Waals surface area contributed by atoms with Gasteiger partial charge in [-0.05, 0) is 23.8 Å². The van der Waals surface area contributed by atoms with Crippen molar-refractivity contribution in [2.45, 2.75) is 24.3 Å². The summed E-state index contributed by atoms with van der Waals surface area (Å²) in [6.07, 6.45) is 0.349. The van der Waals surface area contributed by atoms with E-state index in [2.05, 4.69) is 36.4 Å². The lowest BCUT2D eigenvalue weighted by molar-refractivity contribution is -0.115. The van der Waals surface area contributed by atoms with Crippen molar-refractivity contribution in [2.24, 2.45) is 0 Å². The molecule has 0 bridgehead atoms. The number of para-hydroxylation sites is 1. The highest BCUT2D eigenvalue weighted by atomic mass is 79.9. The summed E-state index contributed by atoms with van der Waals surface area (Å²) in [4.78, 5) is 27.0. The molecule has 2 aromatic carbocycles. The van der Waals surface area contributed by atoms with Crippen LogP contribution in [-0.4, -0.2) is 21.1 Å². The second-order valence-electron chi connectivity index (χ2n) is 5.67. The largest absolute Gasteiger partial charge is 0.325 e. The molecule has 8 heteroatoms. The monoisotopic (exact) mass is 444 g/mol. The molecule has 3 aromatic rings. The number of halogens is 1. The highest BCUT2D eigenvalue weighted by Gasteiger charge is 2.13. The number of amides is 1. The predicted octanol–water partition coefficient (Wildman–Crippen LogP) is 4.24. The van der Waals surface area contributed by atoms with E-state index in [0.29, 0.717) is 28.6 Å². The molecule has 6 nitrogen and oxygen atoms in total. The third kappa shape index (κ3) is 5.05. The minimum Gasteiger partial charge on any atom is -0.325 e. The van der Waals surface area contributed by atoms with Gasteiger partial charge < -0.3 is 5.32 Å². The molecule has 3 rings (SSSR count). The zero-order chi connectivity index (χ0) is 19.2. The van der Waals surface area contributed by atoms with Crippen molar-refractivity contribution in [3.63, 3.8) is 0 Å². The zero-order valence-electron chi connectivity index (χ0n) is 14.5. The average molecular weight is 445 g/mol. The lowest BCUT2D eigenvalue weighted by atomic mass is 10.1. The number of nitrogens with zero attached hydrogens (tertiary/aromatic N) is 2. The fraction of sp³-hybridized carbons (Fsp3) is 0.158. The number of hydrogen-bond donors (Lipinski definition) is 2. The fourth-order valence-electron chi connectivity index (χ4n) is 2.38. The lowest BCUT2D eigenvalue weighted by Crippen LogP contribution is -2.16. The molecule has 0 radical (unpaired) electrons. The Morgan fingerprint density at radius 1 is 1.19 bits per heavy atom. The van der Waals surface area contributed by atoms with E-state index in [-0.39, 0.29) is 17.2 Å². The van der Waals surface area contributed by atoms with Crippen LogP contribution in [0.5, 0.6) is 0 Å². The van der Waals surface area contributed by atoms with E-state index in [1.54, 1.807) is 31.2 Å². The number of hydrogen-bond acceptors (Lipinski definition) is 5. The Morgan fingerprint density at radius 3 is 2.74 bits per heavy atom. The summed E-state index contributed by atoms with van der Waals surface area (Å²) >= 11 is 4.84. The molecular formula is C19H17BrN4O2S. The van der Waals surface area contributed by atoms with Crippen LogP contribution in [0.3, 0.4) is 0 Å². The van der Waals surface area contributed by atoms with Crippen molar-refractivity contribution in [1.82, 2.24) is 15.2 Å². The summed E-state index contributed by atoms with van der Waals surface area (Å²) in [6.45, 7) is 1.77. The molecule has 27 heavy (non-hydrogen) atoms. The summed E-state index contributed by atoms with van der Waals surface area (Å²) in [5, 5.41) is 11.5. The highest BCUT2D eigenvalue weighted by molar-refractivity contribution is 9.10. The first-order valence-corrected chi connectivity index (χ1v) is 10.1. The minimum absolute atomic E-state index is 0.131. The molecule has 0 aliphatic heterocycles. The number of benzene rings is 2. The Hall–Kier alpha value is -2.45. The van der Waals surface area contributed by atoms with Crippen molar-refractivity contribution >= 4 is 39.3 Å². The van der Waals surface area contributed by atoms with Crippen LogP contribution in [-0.2, 0) is 10.5 Å². The fourth-order valence-corrected chi connectivity index (χ4v) is 3.57. The molecule has 0 aliphatic rings. The van der Waals surface area contributed by atoms with Crippen molar-refractivity contribution in [3.05, 3.63) is 68.9 Å². The van der Waals surface area contributed by atoms with Crippen molar-refractivity contribution in [3.8, 4) is 11.3 Å². The van der Waals surface area contributed by atoms with Crippen LogP contribution in [0, 0.1) is 0 Å². The molecule has 0 spiro atoms. The van der Waals surface area contributed by atoms with Crippen LogP contribution in [0.25, 0.3) is 11.3 Å². The van der Waals surface area contributed by atoms with E-state index < -0.39 is 0 Å². The van der Waals surface area contributed by atoms with Crippen LogP contribution < -0.4 is 10.9 Å². The van der Waals surface area contributed by atoms with Gasteiger partial charge in [-0.1, -0.05) is 64.9 Å². The maximum atomic E-state index is 12.5. The molecule has 0 saturated carbocycles. The van der Waals surface area contributed by atoms with Crippen molar-refractivity contribution < 1.29 is 4.79 Å². The number of H-pyrrole nitrogens is 1. The van der Waals surface area contributed by atoms with Crippen LogP contribution in [0.15, 0.2) is 63.0 Å². The topological polar surface area (TPSA) is 87.7 Å². The number of nitrogens with one attached hydrogen (secondary N) is 2. The third-order valence-corrected chi connectivity index (χ3v) is 5.15. The Kier molecular flexibility index (Phi) is 6.41. The minimum atomic E-state index is -0.347. The summed E-state index contributed by atoms with van der Waals surface area (Å²) in [5.74, 6) is 0.528. The van der Waals surface area contributed by atoms with Gasteiger partial charge in [0.25, 0.3) is 5.56 Å². The van der Waals surface area contributed by atoms with Crippen LogP contribution in [0.4, 0.5) is 5.69 Å². The second kappa shape index (κ2) is 8.96. The third-order valence-electron chi connectivity index (χ3n) is 3.72. The van der Waals surface area contributed by atoms with Gasteiger partial charge >= 0.3 is 0 Å². The van der Waals surface area contributed by atoms with Gasteiger partial charge in [0.2, 0.25) is 5.91 Å². The van der Waals surface area contributed by atoms with Gasteiger partial charge in [0.1, 0.15) is 0 Å². The van der Waals surface area contributed by atoms with Gasteiger partial charge in [-0.2, -0.15) is 0 Å². The van der Waals surface area contributed by atoms with Gasteiger partial charge in [-0.25, -0.2) is 0 Å². The van der Waals surface area contributed by atoms with E-state index in [0.717, 1.165) is 10.0 Å². The maximum absolute atomic E-state index is 12.5. The van der Waals surface area contributed by atoms with Gasteiger partial charge in [0, 0.05) is 22.2 Å². The summed E-state index contributed by atoms with van der Waals surface area (Å²) in [5.41, 5.74) is 2.01. The Balaban J connectivity index is 1.81. The number of anilines is 1. The van der Waals surface area contributed by atoms with E-state index >= 15 is 0 Å². The number of aromatic amines is 1. The number of rotatable bonds is 6. The number of aromatic nitrogens is 3. The van der Waals surface area contributed by atoms with Crippen molar-refractivity contribution in [1.29, 1.82) is 0 Å². The first kappa shape index (κ1) is 19.3. The van der Waals surface area contributed by atoms with Gasteiger partial charge in [-0.15, -0.1) is 10.2 Å². The van der Waals surface area contributed by atoms with E-state index in [1.807, 2.05) is 24.3 Å². The van der Waals surface area contributed by atoms with Gasteiger partial charge in [-0.3, -0.25) is 14.6 Å². The van der Waals surface area contributed by atoms with E-state index in [9.17, 15) is 9.59 Å². The first-order chi connectivity index (χ1) is 13.1. The van der Waals surface area contributed by atoms with Crippen LogP contribution >= 0.6 is 27.7 Å².